The SMILES string of the molecule is OB(O)OB(O)O.[SnH4].[Zn].[Zn].[Zn]. The molecule has 0 aromatic carbocycles. The molecule has 0 radical (unpaired) electrons. The second kappa shape index (κ2) is 18.4. The van der Waals surface area contributed by atoms with E-state index in [1.165, 1.54) is 0 Å². The number of rotatable bonds is 2. The fourth-order valence-corrected chi connectivity index (χ4v) is 0.109. The smallest absolute Gasteiger partial charge is 0 e. The molecule has 0 aromatic heterocycles. The number of hydrogen-bond donors (Lipinski definition) is 4. The summed E-state index contributed by atoms with van der Waals surface area (Å²) in [7, 11) is -4.25. The Morgan fingerprint density at radius 1 is 0.727 bits per heavy atom. The molecule has 0 atom stereocenters. The predicted octanol–water partition coefficient (Wildman–Crippen LogP) is -4.52. The van der Waals surface area contributed by atoms with Gasteiger partial charge in [0.2, 0.25) is 0 Å². The summed E-state index contributed by atoms with van der Waals surface area (Å²) in [5.41, 5.74) is 0. The molecule has 4 N–H and O–H groups in total. The minimum Gasteiger partial charge on any atom is 0 e. The molecule has 0 unspecified atom stereocenters. The molecular weight excluding hydrogens is 416 g/mol. The zero-order chi connectivity index (χ0) is 5.86. The molecule has 0 saturated heterocycles. The minimum absolute atomic E-state index is 0. The third-order valence-electron chi connectivity index (χ3n) is 0.243. The molecule has 0 saturated carbocycles. The normalized spacial score (nSPS) is 5.45. The van der Waals surface area contributed by atoms with Crippen LogP contribution in [0.25, 0.3) is 0 Å². The summed E-state index contributed by atoms with van der Waals surface area (Å²) in [6.07, 6.45) is 0. The molecule has 0 aliphatic rings. The van der Waals surface area contributed by atoms with Crippen LogP contribution in [0.4, 0.5) is 0 Å². The van der Waals surface area contributed by atoms with Crippen molar-refractivity contribution in [2.24, 2.45) is 0 Å². The van der Waals surface area contributed by atoms with E-state index in [1.807, 2.05) is 0 Å². The van der Waals surface area contributed by atoms with E-state index in [0.29, 0.717) is 0 Å². The summed E-state index contributed by atoms with van der Waals surface area (Å²) in [4.78, 5) is 0. The monoisotopic (exact) mass is 422 g/mol. The van der Waals surface area contributed by atoms with Crippen molar-refractivity contribution in [3.8, 4) is 0 Å². The molecule has 0 fully saturated rings. The maximum absolute atomic E-state index is 7.74. The summed E-state index contributed by atoms with van der Waals surface area (Å²) in [6.45, 7) is 0. The van der Waals surface area contributed by atoms with Gasteiger partial charge in [-0.15, -0.1) is 0 Å². The van der Waals surface area contributed by atoms with E-state index in [-0.39, 0.29) is 82.3 Å². The Bertz CT molecular complexity index is 49.0. The molecule has 0 spiro atoms. The van der Waals surface area contributed by atoms with Gasteiger partial charge in [0.05, 0.1) is 0 Å². The molecule has 0 aromatic rings. The Morgan fingerprint density at radius 3 is 0.909 bits per heavy atom. The van der Waals surface area contributed by atoms with Crippen LogP contribution in [-0.2, 0) is 63.0 Å². The molecule has 54 valence electrons. The first-order valence-corrected chi connectivity index (χ1v) is 1.50. The molecule has 0 aliphatic heterocycles. The average molecular weight is 425 g/mol. The van der Waals surface area contributed by atoms with Crippen LogP contribution in [-0.4, -0.2) is 58.6 Å². The van der Waals surface area contributed by atoms with Gasteiger partial charge >= 0.3 is 38.6 Å². The Kier molecular flexibility index (Phi) is 48.8. The van der Waals surface area contributed by atoms with Crippen LogP contribution in [0.1, 0.15) is 0 Å². The van der Waals surface area contributed by atoms with Crippen LogP contribution in [0.15, 0.2) is 0 Å². The zero-order valence-electron chi connectivity index (χ0n) is 5.47. The molecule has 0 heterocycles. The van der Waals surface area contributed by atoms with Crippen LogP contribution < -0.4 is 0 Å². The van der Waals surface area contributed by atoms with Crippen LogP contribution in [0.2, 0.25) is 0 Å². The first kappa shape index (κ1) is 29.2. The van der Waals surface area contributed by atoms with Gasteiger partial charge in [-0.2, -0.15) is 0 Å². The molecule has 0 bridgehead atoms. The molecule has 5 nitrogen and oxygen atoms in total. The van der Waals surface area contributed by atoms with E-state index in [9.17, 15) is 0 Å². The molecular formula is H8B2O5SnZn3. The standard InChI is InChI=1S/B2H4O5.Sn.3Zn.4H/c3-1(4)7-2(5)6;;;;;;;;/h3-6H;;;;;;;;. The van der Waals surface area contributed by atoms with E-state index < -0.39 is 14.6 Å². The Morgan fingerprint density at radius 2 is 0.909 bits per heavy atom. The molecule has 0 amide bonds. The van der Waals surface area contributed by atoms with Crippen molar-refractivity contribution in [3.63, 3.8) is 0 Å². The average Bonchev–Trinajstić information content (AvgIpc) is 1.27. The third-order valence-corrected chi connectivity index (χ3v) is 0.243. The Hall–Kier alpha value is 2.60. The van der Waals surface area contributed by atoms with Gasteiger partial charge in [0.25, 0.3) is 0 Å². The second-order valence-electron chi connectivity index (χ2n) is 0.789. The van der Waals surface area contributed by atoms with E-state index in [1.54, 1.807) is 0 Å². The topological polar surface area (TPSA) is 90.2 Å². The predicted molar refractivity (Wildman–Crippen MR) is 32.8 cm³/mol. The second-order valence-corrected chi connectivity index (χ2v) is 0.789. The van der Waals surface area contributed by atoms with Crippen molar-refractivity contribution in [2.75, 3.05) is 0 Å². The van der Waals surface area contributed by atoms with E-state index in [2.05, 4.69) is 4.57 Å². The van der Waals surface area contributed by atoms with E-state index >= 15 is 0 Å². The summed E-state index contributed by atoms with van der Waals surface area (Å²) in [5, 5.41) is 30.9. The van der Waals surface area contributed by atoms with E-state index in [0.717, 1.165) is 0 Å². The van der Waals surface area contributed by atoms with Gasteiger partial charge in [0.15, 0.2) is 0 Å². The van der Waals surface area contributed by atoms with Gasteiger partial charge in [0, 0.05) is 58.4 Å². The van der Waals surface area contributed by atoms with Crippen LogP contribution >= 0.6 is 0 Å². The van der Waals surface area contributed by atoms with Crippen molar-refractivity contribution in [1.29, 1.82) is 0 Å². The van der Waals surface area contributed by atoms with Gasteiger partial charge in [-0.3, -0.25) is 0 Å². The summed E-state index contributed by atoms with van der Waals surface area (Å²) in [6, 6.07) is 0. The summed E-state index contributed by atoms with van der Waals surface area (Å²) < 4.78 is 3.47. The third kappa shape index (κ3) is 32.5. The maximum Gasteiger partial charge on any atom is 0 e. The van der Waals surface area contributed by atoms with Crippen molar-refractivity contribution < 1.29 is 83.1 Å². The van der Waals surface area contributed by atoms with Gasteiger partial charge in [-0.1, -0.05) is 0 Å². The van der Waals surface area contributed by atoms with Crippen molar-refractivity contribution in [2.45, 2.75) is 0 Å². The first-order valence-electron chi connectivity index (χ1n) is 1.50. The maximum atomic E-state index is 7.74. The molecule has 11 heteroatoms. The van der Waals surface area contributed by atoms with Crippen molar-refractivity contribution >= 4 is 38.6 Å². The fraction of sp³-hybridized carbons (Fsp3) is 0. The molecule has 11 heavy (non-hydrogen) atoms. The van der Waals surface area contributed by atoms with Crippen LogP contribution in [0.5, 0.6) is 0 Å². The largest absolute Gasteiger partial charge is 0 e. The van der Waals surface area contributed by atoms with Gasteiger partial charge < -0.3 is 24.7 Å². The van der Waals surface area contributed by atoms with Crippen LogP contribution in [0.3, 0.4) is 0 Å². The number of hydrogen-bond acceptors (Lipinski definition) is 5. The molecule has 0 aliphatic carbocycles. The van der Waals surface area contributed by atoms with Crippen LogP contribution in [0, 0.1) is 0 Å². The zero-order valence-corrected chi connectivity index (χ0v) is 14.4. The van der Waals surface area contributed by atoms with Gasteiger partial charge in [0.1, 0.15) is 0 Å². The van der Waals surface area contributed by atoms with E-state index in [4.69, 9.17) is 20.1 Å². The first-order chi connectivity index (χ1) is 3.13. The molecule has 0 rings (SSSR count). The van der Waals surface area contributed by atoms with Gasteiger partial charge in [-0.05, 0) is 0 Å². The fourth-order valence-electron chi connectivity index (χ4n) is 0.109. The van der Waals surface area contributed by atoms with Gasteiger partial charge in [-0.25, -0.2) is 0 Å². The van der Waals surface area contributed by atoms with Crippen molar-refractivity contribution in [1.82, 2.24) is 0 Å². The van der Waals surface area contributed by atoms with Crippen molar-refractivity contribution in [3.05, 3.63) is 0 Å². The summed E-state index contributed by atoms with van der Waals surface area (Å²) in [5.74, 6) is 0. The quantitative estimate of drug-likeness (QED) is 0.336. The Balaban J connectivity index is -0.0000000300. The summed E-state index contributed by atoms with van der Waals surface area (Å²) >= 11 is 0. The minimum atomic E-state index is -2.13. The Labute approximate surface area is 120 Å².